The number of nitrogens with zero attached hydrogens (tertiary/aromatic N) is 2. The number of rotatable bonds is 4. The van der Waals surface area contributed by atoms with Gasteiger partial charge in [-0.05, 0) is 82.4 Å². The Morgan fingerprint density at radius 2 is 1.09 bits per heavy atom. The van der Waals surface area contributed by atoms with Crippen LogP contribution < -0.4 is 0 Å². The maximum Gasteiger partial charge on any atom is 0.189 e. The lowest BCUT2D eigenvalue weighted by Crippen LogP contribution is -1.94. The van der Waals surface area contributed by atoms with E-state index >= 15 is 0 Å². The first-order valence-corrected chi connectivity index (χ1v) is 15.4. The van der Waals surface area contributed by atoms with Gasteiger partial charge in [0.25, 0.3) is 0 Å². The largest absolute Gasteiger partial charge is 0.455 e. The van der Waals surface area contributed by atoms with E-state index in [2.05, 4.69) is 137 Å². The van der Waals surface area contributed by atoms with Crippen LogP contribution in [0, 0.1) is 6.57 Å². The minimum absolute atomic E-state index is 0.596. The number of fused-ring (bicyclic) bond motifs is 6. The first-order valence-electron chi connectivity index (χ1n) is 15.4. The van der Waals surface area contributed by atoms with Crippen molar-refractivity contribution in [3.8, 4) is 39.1 Å². The van der Waals surface area contributed by atoms with Gasteiger partial charge in [-0.25, -0.2) is 4.85 Å². The van der Waals surface area contributed by atoms with E-state index in [0.717, 1.165) is 66.5 Å². The highest BCUT2D eigenvalue weighted by Gasteiger charge is 2.18. The van der Waals surface area contributed by atoms with Gasteiger partial charge < -0.3 is 8.98 Å². The SMILES string of the molecule is [C-]#[N+]c1cc(-c2cc(-c3cccc(-c4ccccc4)c3)c3oc4ccccc4c3c2)cc(-n2c3ccccc3c3ccccc32)c1. The molecule has 3 heteroatoms. The van der Waals surface area contributed by atoms with Gasteiger partial charge in [0, 0.05) is 32.8 Å². The predicted octanol–water partition coefficient (Wildman–Crippen LogP) is 12.2. The van der Waals surface area contributed by atoms with Crippen molar-refractivity contribution in [2.24, 2.45) is 0 Å². The molecule has 0 aliphatic carbocycles. The number of para-hydroxylation sites is 3. The summed E-state index contributed by atoms with van der Waals surface area (Å²) in [6.07, 6.45) is 0. The normalized spacial score (nSPS) is 11.5. The predicted molar refractivity (Wildman–Crippen MR) is 191 cm³/mol. The summed E-state index contributed by atoms with van der Waals surface area (Å²) < 4.78 is 8.82. The molecule has 0 saturated carbocycles. The van der Waals surface area contributed by atoms with Crippen LogP contribution in [0.1, 0.15) is 0 Å². The molecular formula is C43H26N2O. The summed E-state index contributed by atoms with van der Waals surface area (Å²) in [4.78, 5) is 3.93. The van der Waals surface area contributed by atoms with Gasteiger partial charge in [-0.15, -0.1) is 0 Å². The van der Waals surface area contributed by atoms with Gasteiger partial charge in [-0.1, -0.05) is 103 Å². The van der Waals surface area contributed by atoms with E-state index in [9.17, 15) is 0 Å². The third-order valence-electron chi connectivity index (χ3n) is 8.96. The van der Waals surface area contributed by atoms with E-state index in [1.165, 1.54) is 16.3 Å². The number of hydrogen-bond acceptors (Lipinski definition) is 1. The molecule has 0 saturated heterocycles. The number of benzene rings is 7. The molecule has 0 fully saturated rings. The molecule has 9 aromatic rings. The van der Waals surface area contributed by atoms with Crippen LogP contribution in [0.2, 0.25) is 0 Å². The van der Waals surface area contributed by atoms with Crippen LogP contribution in [0.3, 0.4) is 0 Å². The molecule has 0 aliphatic heterocycles. The Kier molecular flexibility index (Phi) is 5.88. The zero-order chi connectivity index (χ0) is 30.6. The summed E-state index contributed by atoms with van der Waals surface area (Å²) >= 11 is 0. The van der Waals surface area contributed by atoms with Crippen LogP contribution in [-0.4, -0.2) is 4.57 Å². The van der Waals surface area contributed by atoms with Gasteiger partial charge in [-0.3, -0.25) is 0 Å². The second kappa shape index (κ2) is 10.4. The van der Waals surface area contributed by atoms with E-state index in [1.807, 2.05) is 30.3 Å². The smallest absolute Gasteiger partial charge is 0.189 e. The molecule has 46 heavy (non-hydrogen) atoms. The van der Waals surface area contributed by atoms with Gasteiger partial charge in [0.1, 0.15) is 11.2 Å². The van der Waals surface area contributed by atoms with E-state index in [0.29, 0.717) is 5.69 Å². The summed E-state index contributed by atoms with van der Waals surface area (Å²) in [6, 6.07) is 54.9. The van der Waals surface area contributed by atoms with E-state index < -0.39 is 0 Å². The van der Waals surface area contributed by atoms with Crippen LogP contribution in [0.5, 0.6) is 0 Å². The van der Waals surface area contributed by atoms with Gasteiger partial charge in [0.05, 0.1) is 17.6 Å². The lowest BCUT2D eigenvalue weighted by Gasteiger charge is -2.13. The molecule has 214 valence electrons. The molecule has 0 radical (unpaired) electrons. The summed E-state index contributed by atoms with van der Waals surface area (Å²) in [5.74, 6) is 0. The maximum atomic E-state index is 8.05. The highest BCUT2D eigenvalue weighted by molar-refractivity contribution is 6.12. The summed E-state index contributed by atoms with van der Waals surface area (Å²) in [6.45, 7) is 8.05. The Morgan fingerprint density at radius 1 is 0.457 bits per heavy atom. The van der Waals surface area contributed by atoms with Gasteiger partial charge in [-0.2, -0.15) is 0 Å². The first-order chi connectivity index (χ1) is 22.7. The molecule has 2 aromatic heterocycles. The topological polar surface area (TPSA) is 22.4 Å². The number of furan rings is 1. The van der Waals surface area contributed by atoms with Crippen molar-refractivity contribution in [3.63, 3.8) is 0 Å². The Bertz CT molecular complexity index is 2600. The Morgan fingerprint density at radius 3 is 1.85 bits per heavy atom. The molecule has 0 unspecified atom stereocenters. The fourth-order valence-corrected chi connectivity index (χ4v) is 6.86. The molecule has 0 spiro atoms. The fourth-order valence-electron chi connectivity index (χ4n) is 6.86. The summed E-state index contributed by atoms with van der Waals surface area (Å²) in [7, 11) is 0. The average molecular weight is 587 g/mol. The Balaban J connectivity index is 1.31. The molecule has 0 atom stereocenters. The molecule has 0 aliphatic rings. The molecule has 0 N–H and O–H groups in total. The minimum Gasteiger partial charge on any atom is -0.455 e. The van der Waals surface area contributed by atoms with Crippen molar-refractivity contribution < 1.29 is 4.42 Å². The molecule has 9 rings (SSSR count). The average Bonchev–Trinajstić information content (AvgIpc) is 3.67. The maximum absolute atomic E-state index is 8.05. The minimum atomic E-state index is 0.596. The standard InChI is InChI=1S/C43H26N2O/c1-44-33-23-31(24-34(27-33)45-40-19-8-5-16-35(40)36-17-6-9-20-41(36)45)32-25-38(43-39(26-32)37-18-7-10-21-42(37)46-43)30-15-11-14-29(22-30)28-12-3-2-4-13-28/h2-27H. The van der Waals surface area contributed by atoms with E-state index in [-0.39, 0.29) is 0 Å². The second-order valence-corrected chi connectivity index (χ2v) is 11.7. The van der Waals surface area contributed by atoms with Crippen molar-refractivity contribution in [2.45, 2.75) is 0 Å². The third-order valence-corrected chi connectivity index (χ3v) is 8.96. The molecular weight excluding hydrogens is 560 g/mol. The molecule has 0 bridgehead atoms. The highest BCUT2D eigenvalue weighted by atomic mass is 16.3. The fraction of sp³-hybridized carbons (Fsp3) is 0. The van der Waals surface area contributed by atoms with Crippen LogP contribution in [0.25, 0.3) is 87.7 Å². The Hall–Kier alpha value is -6.37. The van der Waals surface area contributed by atoms with Crippen molar-refractivity contribution in [1.29, 1.82) is 0 Å². The van der Waals surface area contributed by atoms with Crippen molar-refractivity contribution in [2.75, 3.05) is 0 Å². The highest BCUT2D eigenvalue weighted by Crippen LogP contribution is 2.42. The van der Waals surface area contributed by atoms with Gasteiger partial charge in [0.15, 0.2) is 5.69 Å². The zero-order valence-corrected chi connectivity index (χ0v) is 24.8. The number of hydrogen-bond donors (Lipinski definition) is 0. The molecule has 2 heterocycles. The van der Waals surface area contributed by atoms with Crippen LogP contribution in [-0.2, 0) is 0 Å². The lowest BCUT2D eigenvalue weighted by atomic mass is 9.93. The second-order valence-electron chi connectivity index (χ2n) is 11.7. The first kappa shape index (κ1) is 26.1. The van der Waals surface area contributed by atoms with Gasteiger partial charge in [0.2, 0.25) is 0 Å². The van der Waals surface area contributed by atoms with Gasteiger partial charge >= 0.3 is 0 Å². The third kappa shape index (κ3) is 4.13. The van der Waals surface area contributed by atoms with E-state index in [4.69, 9.17) is 11.0 Å². The van der Waals surface area contributed by atoms with Crippen LogP contribution in [0.15, 0.2) is 162 Å². The Labute approximate surface area is 266 Å². The van der Waals surface area contributed by atoms with Crippen LogP contribution >= 0.6 is 0 Å². The number of aromatic nitrogens is 1. The van der Waals surface area contributed by atoms with Crippen molar-refractivity contribution >= 4 is 49.4 Å². The molecule has 3 nitrogen and oxygen atoms in total. The van der Waals surface area contributed by atoms with Crippen molar-refractivity contribution in [3.05, 3.63) is 169 Å². The monoisotopic (exact) mass is 586 g/mol. The molecule has 7 aromatic carbocycles. The van der Waals surface area contributed by atoms with Crippen LogP contribution in [0.4, 0.5) is 5.69 Å². The summed E-state index contributed by atoms with van der Waals surface area (Å²) in [5, 5.41) is 4.52. The summed E-state index contributed by atoms with van der Waals surface area (Å²) in [5.41, 5.74) is 11.9. The van der Waals surface area contributed by atoms with E-state index in [1.54, 1.807) is 0 Å². The quantitative estimate of drug-likeness (QED) is 0.188. The molecule has 0 amide bonds. The lowest BCUT2D eigenvalue weighted by molar-refractivity contribution is 0.670. The zero-order valence-electron chi connectivity index (χ0n) is 24.8. The van der Waals surface area contributed by atoms with Crippen molar-refractivity contribution in [1.82, 2.24) is 4.57 Å².